The van der Waals surface area contributed by atoms with E-state index >= 15 is 0 Å². The summed E-state index contributed by atoms with van der Waals surface area (Å²) in [5, 5.41) is 12.0. The van der Waals surface area contributed by atoms with Crippen LogP contribution in [0.15, 0.2) is 62.0 Å². The van der Waals surface area contributed by atoms with Gasteiger partial charge in [0.25, 0.3) is 0 Å². The van der Waals surface area contributed by atoms with Crippen LogP contribution in [0.4, 0.5) is 0 Å². The Labute approximate surface area is 91.4 Å². The molecule has 0 radical (unpaired) electrons. The zero-order chi connectivity index (χ0) is 10.5. The maximum atomic E-state index is 8.32. The fourth-order valence-corrected chi connectivity index (χ4v) is 1.92. The van der Waals surface area contributed by atoms with E-state index < -0.39 is 0 Å². The minimum absolute atomic E-state index is 0.538. The van der Waals surface area contributed by atoms with Gasteiger partial charge in [0.05, 0.1) is 0 Å². The van der Waals surface area contributed by atoms with Crippen LogP contribution in [0, 0.1) is 0 Å². The van der Waals surface area contributed by atoms with E-state index in [1.807, 2.05) is 36.4 Å². The molecule has 3 nitrogen and oxygen atoms in total. The van der Waals surface area contributed by atoms with Gasteiger partial charge >= 0.3 is 0 Å². The summed E-state index contributed by atoms with van der Waals surface area (Å²) < 4.78 is 5.38. The van der Waals surface area contributed by atoms with E-state index in [0.717, 1.165) is 9.99 Å². The Morgan fingerprint density at radius 1 is 1.13 bits per heavy atom. The molecule has 0 spiro atoms. The Bertz CT molecular complexity index is 451. The summed E-state index contributed by atoms with van der Waals surface area (Å²) in [7, 11) is 0. The van der Waals surface area contributed by atoms with Gasteiger partial charge < -0.3 is 9.62 Å². The molecule has 2 aromatic rings. The summed E-state index contributed by atoms with van der Waals surface area (Å²) in [5.74, 6) is 0.538. The lowest BCUT2D eigenvalue weighted by molar-refractivity contribution is 0.320. The van der Waals surface area contributed by atoms with Crippen LogP contribution in [0.5, 0.6) is 0 Å². The Kier molecular flexibility index (Phi) is 3.09. The molecule has 0 fully saturated rings. The molecular formula is C11H9NO2S. The molecule has 15 heavy (non-hydrogen) atoms. The summed E-state index contributed by atoms with van der Waals surface area (Å²) in [5.41, 5.74) is 0. The third kappa shape index (κ3) is 2.63. The van der Waals surface area contributed by atoms with Gasteiger partial charge in [0, 0.05) is 4.90 Å². The zero-order valence-corrected chi connectivity index (χ0v) is 8.65. The molecule has 76 valence electrons. The predicted molar refractivity (Wildman–Crippen MR) is 58.7 cm³/mol. The van der Waals surface area contributed by atoms with Crippen LogP contribution in [-0.4, -0.2) is 11.4 Å². The number of hydrogen-bond acceptors (Lipinski definition) is 4. The van der Waals surface area contributed by atoms with Crippen molar-refractivity contribution in [2.24, 2.45) is 5.16 Å². The van der Waals surface area contributed by atoms with Gasteiger partial charge in [-0.25, -0.2) is 0 Å². The van der Waals surface area contributed by atoms with Crippen LogP contribution in [0.25, 0.3) is 0 Å². The average molecular weight is 219 g/mol. The molecule has 0 saturated heterocycles. The Hall–Kier alpha value is -1.68. The van der Waals surface area contributed by atoms with Gasteiger partial charge in [-0.05, 0) is 24.3 Å². The largest absolute Gasteiger partial charge is 0.448 e. The van der Waals surface area contributed by atoms with Gasteiger partial charge in [-0.3, -0.25) is 0 Å². The number of hydrogen-bond donors (Lipinski definition) is 1. The topological polar surface area (TPSA) is 45.7 Å². The lowest BCUT2D eigenvalue weighted by Crippen LogP contribution is -1.72. The standard InChI is InChI=1S/C11H9NO2S/c13-12-8-9-6-7-11(14-9)15-10-4-2-1-3-5-10/h1-8,13H. The van der Waals surface area contributed by atoms with Crippen molar-refractivity contribution < 1.29 is 9.62 Å². The van der Waals surface area contributed by atoms with Crippen LogP contribution in [0.3, 0.4) is 0 Å². The number of nitrogens with zero attached hydrogens (tertiary/aromatic N) is 1. The first-order chi connectivity index (χ1) is 7.38. The van der Waals surface area contributed by atoms with E-state index in [2.05, 4.69) is 5.16 Å². The van der Waals surface area contributed by atoms with E-state index in [1.54, 1.807) is 6.07 Å². The quantitative estimate of drug-likeness (QED) is 0.489. The van der Waals surface area contributed by atoms with E-state index in [1.165, 1.54) is 18.0 Å². The highest BCUT2D eigenvalue weighted by Gasteiger charge is 2.01. The molecule has 2 rings (SSSR count). The molecule has 1 aromatic heterocycles. The van der Waals surface area contributed by atoms with Crippen molar-refractivity contribution in [2.75, 3.05) is 0 Å². The summed E-state index contributed by atoms with van der Waals surface area (Å²) in [6, 6.07) is 13.5. The van der Waals surface area contributed by atoms with Gasteiger partial charge in [-0.2, -0.15) is 0 Å². The molecule has 0 aliphatic carbocycles. The van der Waals surface area contributed by atoms with Gasteiger partial charge in [-0.1, -0.05) is 35.1 Å². The Morgan fingerprint density at radius 2 is 1.93 bits per heavy atom. The Balaban J connectivity index is 2.11. The molecule has 0 aliphatic heterocycles. The van der Waals surface area contributed by atoms with Gasteiger partial charge in [0.1, 0.15) is 12.0 Å². The number of oxime groups is 1. The van der Waals surface area contributed by atoms with E-state index in [4.69, 9.17) is 9.62 Å². The van der Waals surface area contributed by atoms with Crippen LogP contribution in [0.1, 0.15) is 5.76 Å². The lowest BCUT2D eigenvalue weighted by atomic mass is 10.4. The molecule has 0 saturated carbocycles. The maximum absolute atomic E-state index is 8.32. The van der Waals surface area contributed by atoms with Crippen molar-refractivity contribution in [3.8, 4) is 0 Å². The third-order valence-electron chi connectivity index (χ3n) is 1.75. The molecule has 1 heterocycles. The second-order valence-corrected chi connectivity index (χ2v) is 3.89. The van der Waals surface area contributed by atoms with Crippen LogP contribution >= 0.6 is 11.8 Å². The number of benzene rings is 1. The second kappa shape index (κ2) is 4.70. The molecule has 0 amide bonds. The molecule has 4 heteroatoms. The lowest BCUT2D eigenvalue weighted by Gasteiger charge is -1.95. The second-order valence-electron chi connectivity index (χ2n) is 2.82. The molecule has 0 bridgehead atoms. The number of rotatable bonds is 3. The van der Waals surface area contributed by atoms with Gasteiger partial charge in [0.2, 0.25) is 0 Å². The van der Waals surface area contributed by atoms with Crippen molar-refractivity contribution in [3.63, 3.8) is 0 Å². The Morgan fingerprint density at radius 3 is 2.67 bits per heavy atom. The number of furan rings is 1. The van der Waals surface area contributed by atoms with E-state index in [9.17, 15) is 0 Å². The van der Waals surface area contributed by atoms with Crippen molar-refractivity contribution in [2.45, 2.75) is 9.99 Å². The van der Waals surface area contributed by atoms with Gasteiger partial charge in [0.15, 0.2) is 5.09 Å². The van der Waals surface area contributed by atoms with Crippen molar-refractivity contribution in [1.29, 1.82) is 0 Å². The summed E-state index contributed by atoms with van der Waals surface area (Å²) in [4.78, 5) is 1.11. The monoisotopic (exact) mass is 219 g/mol. The summed E-state index contributed by atoms with van der Waals surface area (Å²) in [6.45, 7) is 0. The minimum atomic E-state index is 0.538. The van der Waals surface area contributed by atoms with Crippen molar-refractivity contribution in [3.05, 3.63) is 48.2 Å². The normalized spacial score (nSPS) is 10.9. The summed E-state index contributed by atoms with van der Waals surface area (Å²) in [6.07, 6.45) is 1.26. The first kappa shape index (κ1) is 9.86. The maximum Gasteiger partial charge on any atom is 0.165 e. The van der Waals surface area contributed by atoms with Crippen molar-refractivity contribution >= 4 is 18.0 Å². The molecule has 0 atom stereocenters. The fourth-order valence-electron chi connectivity index (χ4n) is 1.12. The first-order valence-electron chi connectivity index (χ1n) is 4.38. The molecule has 0 unspecified atom stereocenters. The molecule has 0 aliphatic rings. The first-order valence-corrected chi connectivity index (χ1v) is 5.20. The highest BCUT2D eigenvalue weighted by molar-refractivity contribution is 7.99. The highest BCUT2D eigenvalue weighted by Crippen LogP contribution is 2.28. The molecule has 1 N–H and O–H groups in total. The molecule has 1 aromatic carbocycles. The van der Waals surface area contributed by atoms with Crippen LogP contribution in [0.2, 0.25) is 0 Å². The third-order valence-corrected chi connectivity index (χ3v) is 2.68. The van der Waals surface area contributed by atoms with Crippen LogP contribution < -0.4 is 0 Å². The predicted octanol–water partition coefficient (Wildman–Crippen LogP) is 3.24. The average Bonchev–Trinajstić information content (AvgIpc) is 2.68. The van der Waals surface area contributed by atoms with Crippen LogP contribution in [-0.2, 0) is 0 Å². The fraction of sp³-hybridized carbons (Fsp3) is 0. The van der Waals surface area contributed by atoms with E-state index in [-0.39, 0.29) is 0 Å². The van der Waals surface area contributed by atoms with Crippen molar-refractivity contribution in [1.82, 2.24) is 0 Å². The molecular weight excluding hydrogens is 210 g/mol. The summed E-state index contributed by atoms with van der Waals surface area (Å²) >= 11 is 1.52. The highest BCUT2D eigenvalue weighted by atomic mass is 32.2. The smallest absolute Gasteiger partial charge is 0.165 e. The SMILES string of the molecule is ON=Cc1ccc(Sc2ccccc2)o1. The van der Waals surface area contributed by atoms with Gasteiger partial charge in [-0.15, -0.1) is 0 Å². The zero-order valence-electron chi connectivity index (χ0n) is 7.83. The minimum Gasteiger partial charge on any atom is -0.448 e. The van der Waals surface area contributed by atoms with E-state index in [0.29, 0.717) is 5.76 Å².